The number of hydrogen-bond donors (Lipinski definition) is 1. The molecule has 1 rings (SSSR count). The summed E-state index contributed by atoms with van der Waals surface area (Å²) in [5.41, 5.74) is 0.646. The van der Waals surface area contributed by atoms with Crippen molar-refractivity contribution in [3.8, 4) is 11.5 Å². The minimum Gasteiger partial charge on any atom is -0.497 e. The minimum atomic E-state index is 0. The van der Waals surface area contributed by atoms with E-state index in [4.69, 9.17) is 19.6 Å². The molecule has 1 N–H and O–H groups in total. The lowest BCUT2D eigenvalue weighted by Gasteiger charge is -2.09. The molecule has 0 aromatic heterocycles. The lowest BCUT2D eigenvalue weighted by Crippen LogP contribution is -2.05. The lowest BCUT2D eigenvalue weighted by atomic mass is 10.2. The van der Waals surface area contributed by atoms with E-state index in [0.717, 1.165) is 0 Å². The molecule has 0 bridgehead atoms. The molecule has 0 aliphatic rings. The summed E-state index contributed by atoms with van der Waals surface area (Å²) in [7, 11) is 3.14. The highest BCUT2D eigenvalue weighted by atomic mass is 35.5. The molecule has 16 heavy (non-hydrogen) atoms. The Morgan fingerprint density at radius 3 is 2.00 bits per heavy atom. The van der Waals surface area contributed by atoms with Crippen molar-refractivity contribution in [1.82, 2.24) is 0 Å². The fourth-order valence-electron chi connectivity index (χ4n) is 1.17. The largest absolute Gasteiger partial charge is 0.497 e. The first-order valence-electron chi connectivity index (χ1n) is 4.66. The summed E-state index contributed by atoms with van der Waals surface area (Å²) in [6, 6.07) is 5.23. The highest BCUT2D eigenvalue weighted by Gasteiger charge is 2.06. The Kier molecular flexibility index (Phi) is 6.34. The lowest BCUT2D eigenvalue weighted by molar-refractivity contribution is 0.325. The van der Waals surface area contributed by atoms with Crippen LogP contribution in [-0.4, -0.2) is 26.7 Å². The third-order valence-corrected chi connectivity index (χ3v) is 1.90. The van der Waals surface area contributed by atoms with Gasteiger partial charge in [0.15, 0.2) is 0 Å². The highest BCUT2D eigenvalue weighted by molar-refractivity contribution is 5.92. The maximum absolute atomic E-state index is 7.64. The average molecular weight is 246 g/mol. The van der Waals surface area contributed by atoms with Crippen LogP contribution in [0.3, 0.4) is 0 Å². The van der Waals surface area contributed by atoms with Crippen molar-refractivity contribution >= 4 is 18.3 Å². The maximum Gasteiger partial charge on any atom is 0.213 e. The van der Waals surface area contributed by atoms with Crippen molar-refractivity contribution in [2.45, 2.75) is 6.92 Å². The van der Waals surface area contributed by atoms with Gasteiger partial charge in [0, 0.05) is 11.6 Å². The third kappa shape index (κ3) is 3.62. The van der Waals surface area contributed by atoms with Gasteiger partial charge in [-0.15, -0.1) is 12.4 Å². The van der Waals surface area contributed by atoms with Gasteiger partial charge in [0.25, 0.3) is 0 Å². The van der Waals surface area contributed by atoms with Crippen molar-refractivity contribution in [2.75, 3.05) is 20.8 Å². The molecule has 0 fully saturated rings. The van der Waals surface area contributed by atoms with Crippen LogP contribution in [0.5, 0.6) is 11.5 Å². The van der Waals surface area contributed by atoms with Crippen molar-refractivity contribution < 1.29 is 14.2 Å². The molecule has 1 aromatic rings. The molecule has 0 atom stereocenters. The Labute approximate surface area is 101 Å². The molecule has 0 saturated carbocycles. The third-order valence-electron chi connectivity index (χ3n) is 1.90. The van der Waals surface area contributed by atoms with E-state index in [1.165, 1.54) is 0 Å². The molecule has 0 amide bonds. The van der Waals surface area contributed by atoms with Crippen LogP contribution in [0, 0.1) is 5.41 Å². The molecule has 0 heterocycles. The molecule has 0 aliphatic heterocycles. The monoisotopic (exact) mass is 245 g/mol. The summed E-state index contributed by atoms with van der Waals surface area (Å²) in [5.74, 6) is 1.41. The molecule has 0 aliphatic carbocycles. The number of benzene rings is 1. The van der Waals surface area contributed by atoms with Crippen LogP contribution < -0.4 is 9.47 Å². The number of hydrogen-bond acceptors (Lipinski definition) is 4. The standard InChI is InChI=1S/C11H15NO3.ClH/c1-4-15-11(12)8-5-9(13-2)7-10(6-8)14-3;/h5-7,12H,4H2,1-3H3;1H. The quantitative estimate of drug-likeness (QED) is 0.655. The van der Waals surface area contributed by atoms with Crippen LogP contribution in [0.25, 0.3) is 0 Å². The predicted octanol–water partition coefficient (Wildman–Crippen LogP) is 2.49. The van der Waals surface area contributed by atoms with Crippen LogP contribution in [0.15, 0.2) is 18.2 Å². The van der Waals surface area contributed by atoms with Gasteiger partial charge in [0.1, 0.15) is 11.5 Å². The van der Waals surface area contributed by atoms with Crippen LogP contribution >= 0.6 is 12.4 Å². The zero-order valence-corrected chi connectivity index (χ0v) is 10.4. The number of methoxy groups -OCH3 is 2. The summed E-state index contributed by atoms with van der Waals surface area (Å²) >= 11 is 0. The smallest absolute Gasteiger partial charge is 0.213 e. The molecule has 0 saturated heterocycles. The Hall–Kier alpha value is -1.42. The summed E-state index contributed by atoms with van der Waals surface area (Å²) in [4.78, 5) is 0. The Morgan fingerprint density at radius 2 is 1.62 bits per heavy atom. The fraction of sp³-hybridized carbons (Fsp3) is 0.364. The van der Waals surface area contributed by atoms with Crippen molar-refractivity contribution in [3.05, 3.63) is 23.8 Å². The van der Waals surface area contributed by atoms with Gasteiger partial charge in [-0.25, -0.2) is 0 Å². The Morgan fingerprint density at radius 1 is 1.12 bits per heavy atom. The Bertz CT molecular complexity index is 333. The SMILES string of the molecule is CCOC(=N)c1cc(OC)cc(OC)c1.Cl. The second-order valence-corrected chi connectivity index (χ2v) is 2.86. The fourth-order valence-corrected chi connectivity index (χ4v) is 1.17. The Balaban J connectivity index is 0.00000225. The molecule has 1 aromatic carbocycles. The minimum absolute atomic E-state index is 0. The van der Waals surface area contributed by atoms with E-state index in [9.17, 15) is 0 Å². The van der Waals surface area contributed by atoms with Gasteiger partial charge < -0.3 is 14.2 Å². The first-order valence-corrected chi connectivity index (χ1v) is 4.66. The van der Waals surface area contributed by atoms with E-state index in [1.54, 1.807) is 32.4 Å². The highest BCUT2D eigenvalue weighted by Crippen LogP contribution is 2.22. The van der Waals surface area contributed by atoms with Gasteiger partial charge in [0.05, 0.1) is 20.8 Å². The van der Waals surface area contributed by atoms with Crippen LogP contribution in [-0.2, 0) is 4.74 Å². The second-order valence-electron chi connectivity index (χ2n) is 2.86. The van der Waals surface area contributed by atoms with Crippen molar-refractivity contribution in [2.24, 2.45) is 0 Å². The van der Waals surface area contributed by atoms with E-state index < -0.39 is 0 Å². The van der Waals surface area contributed by atoms with Crippen molar-refractivity contribution in [3.63, 3.8) is 0 Å². The maximum atomic E-state index is 7.64. The van der Waals surface area contributed by atoms with Gasteiger partial charge in [-0.1, -0.05) is 0 Å². The number of rotatable bonds is 4. The van der Waals surface area contributed by atoms with E-state index in [-0.39, 0.29) is 18.3 Å². The normalized spacial score (nSPS) is 8.94. The van der Waals surface area contributed by atoms with Crippen LogP contribution in [0.2, 0.25) is 0 Å². The first kappa shape index (κ1) is 14.6. The molecule has 0 spiro atoms. The summed E-state index contributed by atoms with van der Waals surface area (Å²) in [6.45, 7) is 2.31. The molecule has 5 heteroatoms. The van der Waals surface area contributed by atoms with Gasteiger partial charge in [-0.2, -0.15) is 0 Å². The van der Waals surface area contributed by atoms with E-state index in [1.807, 2.05) is 6.92 Å². The molecule has 90 valence electrons. The van der Waals surface area contributed by atoms with E-state index in [0.29, 0.717) is 23.7 Å². The number of ether oxygens (including phenoxy) is 3. The van der Waals surface area contributed by atoms with Crippen LogP contribution in [0.1, 0.15) is 12.5 Å². The zero-order chi connectivity index (χ0) is 11.3. The molecule has 0 unspecified atom stereocenters. The van der Waals surface area contributed by atoms with Gasteiger partial charge in [0.2, 0.25) is 5.90 Å². The van der Waals surface area contributed by atoms with E-state index >= 15 is 0 Å². The first-order chi connectivity index (χ1) is 7.21. The molecule has 0 radical (unpaired) electrons. The summed E-state index contributed by atoms with van der Waals surface area (Å²) < 4.78 is 15.3. The van der Waals surface area contributed by atoms with Gasteiger partial charge in [-0.3, -0.25) is 5.41 Å². The van der Waals surface area contributed by atoms with E-state index in [2.05, 4.69) is 0 Å². The summed E-state index contributed by atoms with van der Waals surface area (Å²) in [6.07, 6.45) is 0. The molecular formula is C11H16ClNO3. The number of halogens is 1. The zero-order valence-electron chi connectivity index (χ0n) is 9.57. The van der Waals surface area contributed by atoms with Crippen molar-refractivity contribution in [1.29, 1.82) is 5.41 Å². The summed E-state index contributed by atoms with van der Waals surface area (Å²) in [5, 5.41) is 7.64. The van der Waals surface area contributed by atoms with Gasteiger partial charge >= 0.3 is 0 Å². The number of nitrogens with one attached hydrogen (secondary N) is 1. The average Bonchev–Trinajstić information content (AvgIpc) is 2.28. The van der Waals surface area contributed by atoms with Crippen LogP contribution in [0.4, 0.5) is 0 Å². The molecular weight excluding hydrogens is 230 g/mol. The second kappa shape index (κ2) is 6.95. The molecule has 4 nitrogen and oxygen atoms in total. The topological polar surface area (TPSA) is 51.5 Å². The van der Waals surface area contributed by atoms with Gasteiger partial charge in [-0.05, 0) is 19.1 Å². The predicted molar refractivity (Wildman–Crippen MR) is 65.2 cm³/mol.